The van der Waals surface area contributed by atoms with Gasteiger partial charge in [-0.25, -0.2) is 0 Å². The minimum Gasteiger partial charge on any atom is -0.393 e. The highest BCUT2D eigenvalue weighted by Gasteiger charge is 2.25. The van der Waals surface area contributed by atoms with Crippen molar-refractivity contribution in [1.82, 2.24) is 5.32 Å². The fourth-order valence-electron chi connectivity index (χ4n) is 1.37. The summed E-state index contributed by atoms with van der Waals surface area (Å²) in [6, 6.07) is 0. The Bertz CT molecular complexity index is 147. The molecule has 11 heavy (non-hydrogen) atoms. The molecule has 2 N–H and O–H groups in total. The van der Waals surface area contributed by atoms with Gasteiger partial charge in [0.05, 0.1) is 6.10 Å². The first kappa shape index (κ1) is 8.53. The van der Waals surface area contributed by atoms with Crippen LogP contribution in [0.25, 0.3) is 0 Å². The van der Waals surface area contributed by atoms with E-state index in [1.165, 1.54) is 0 Å². The molecule has 0 bridgehead atoms. The highest BCUT2D eigenvalue weighted by molar-refractivity contribution is 5.80. The third-order valence-corrected chi connectivity index (χ3v) is 2.19. The summed E-state index contributed by atoms with van der Waals surface area (Å²) < 4.78 is 0. The molecule has 1 heterocycles. The second-order valence-electron chi connectivity index (χ2n) is 3.07. The van der Waals surface area contributed by atoms with Gasteiger partial charge in [-0.05, 0) is 19.3 Å². The van der Waals surface area contributed by atoms with Crippen molar-refractivity contribution in [3.8, 4) is 0 Å². The second kappa shape index (κ2) is 3.72. The van der Waals surface area contributed by atoms with Crippen LogP contribution in [0.5, 0.6) is 0 Å². The number of nitrogens with one attached hydrogen (secondary N) is 1. The third kappa shape index (κ3) is 2.19. The summed E-state index contributed by atoms with van der Waals surface area (Å²) in [7, 11) is 0. The molecule has 0 saturated carbocycles. The molecule has 0 aliphatic carbocycles. The minimum atomic E-state index is -0.302. The number of carbonyl (C=O) groups is 1. The lowest BCUT2D eigenvalue weighted by Crippen LogP contribution is -2.22. The van der Waals surface area contributed by atoms with Crippen LogP contribution in [0, 0.1) is 5.92 Å². The van der Waals surface area contributed by atoms with E-state index in [1.54, 1.807) is 0 Å². The van der Waals surface area contributed by atoms with Gasteiger partial charge in [0.15, 0.2) is 0 Å². The molecule has 1 aliphatic heterocycles. The summed E-state index contributed by atoms with van der Waals surface area (Å²) in [6.45, 7) is 2.71. The molecule has 0 aromatic carbocycles. The maximum atomic E-state index is 11.0. The summed E-state index contributed by atoms with van der Waals surface area (Å²) in [6.07, 6.45) is 1.95. The fraction of sp³-hybridized carbons (Fsp3) is 0.875. The molecule has 0 aromatic rings. The molecule has 1 rings (SSSR count). The lowest BCUT2D eigenvalue weighted by Gasteiger charge is -2.10. The van der Waals surface area contributed by atoms with Gasteiger partial charge in [0, 0.05) is 12.5 Å². The van der Waals surface area contributed by atoms with E-state index < -0.39 is 0 Å². The Morgan fingerprint density at radius 3 is 3.00 bits per heavy atom. The number of aliphatic hydroxyl groups is 1. The summed E-state index contributed by atoms with van der Waals surface area (Å²) in [5.41, 5.74) is 0. The normalized spacial score (nSPS) is 26.7. The van der Waals surface area contributed by atoms with Crippen LogP contribution in [-0.4, -0.2) is 23.7 Å². The van der Waals surface area contributed by atoms with Gasteiger partial charge in [0.1, 0.15) is 0 Å². The van der Waals surface area contributed by atoms with E-state index in [9.17, 15) is 9.90 Å². The second-order valence-corrected chi connectivity index (χ2v) is 3.07. The molecular formula is C8H15NO2. The Balaban J connectivity index is 2.30. The van der Waals surface area contributed by atoms with Crippen molar-refractivity contribution >= 4 is 5.91 Å². The van der Waals surface area contributed by atoms with Crippen LogP contribution in [0.1, 0.15) is 26.2 Å². The maximum Gasteiger partial charge on any atom is 0.223 e. The predicted molar refractivity (Wildman–Crippen MR) is 42.0 cm³/mol. The zero-order valence-corrected chi connectivity index (χ0v) is 6.84. The van der Waals surface area contributed by atoms with E-state index in [-0.39, 0.29) is 17.9 Å². The Morgan fingerprint density at radius 2 is 2.55 bits per heavy atom. The molecule has 0 radical (unpaired) electrons. The van der Waals surface area contributed by atoms with Crippen LogP contribution in [0.4, 0.5) is 0 Å². The molecule has 0 spiro atoms. The van der Waals surface area contributed by atoms with Crippen LogP contribution in [0.3, 0.4) is 0 Å². The van der Waals surface area contributed by atoms with E-state index >= 15 is 0 Å². The van der Waals surface area contributed by atoms with Crippen molar-refractivity contribution in [2.45, 2.75) is 32.3 Å². The quantitative estimate of drug-likeness (QED) is 0.618. The Labute approximate surface area is 66.8 Å². The molecule has 3 nitrogen and oxygen atoms in total. The van der Waals surface area contributed by atoms with Crippen LogP contribution < -0.4 is 5.32 Å². The Kier molecular flexibility index (Phi) is 2.88. The maximum absolute atomic E-state index is 11.0. The van der Waals surface area contributed by atoms with E-state index in [0.717, 1.165) is 19.4 Å². The van der Waals surface area contributed by atoms with Gasteiger partial charge in [-0.2, -0.15) is 0 Å². The first-order chi connectivity index (χ1) is 5.24. The molecule has 2 unspecified atom stereocenters. The number of rotatable bonds is 3. The fourth-order valence-corrected chi connectivity index (χ4v) is 1.37. The van der Waals surface area contributed by atoms with Gasteiger partial charge in [-0.1, -0.05) is 6.92 Å². The summed E-state index contributed by atoms with van der Waals surface area (Å²) in [4.78, 5) is 11.0. The predicted octanol–water partition coefficient (Wildman–Crippen LogP) is 0.283. The monoisotopic (exact) mass is 157 g/mol. The number of hydrogen-bond donors (Lipinski definition) is 2. The lowest BCUT2D eigenvalue weighted by atomic mass is 9.99. The van der Waals surface area contributed by atoms with Crippen molar-refractivity contribution in [2.75, 3.05) is 6.54 Å². The third-order valence-electron chi connectivity index (χ3n) is 2.19. The average molecular weight is 157 g/mol. The zero-order valence-electron chi connectivity index (χ0n) is 6.84. The average Bonchev–Trinajstić information content (AvgIpc) is 2.37. The number of aliphatic hydroxyl groups excluding tert-OH is 1. The van der Waals surface area contributed by atoms with E-state index in [4.69, 9.17) is 0 Å². The molecule has 64 valence electrons. The van der Waals surface area contributed by atoms with E-state index in [0.29, 0.717) is 6.42 Å². The molecule has 1 fully saturated rings. The van der Waals surface area contributed by atoms with Gasteiger partial charge in [0.25, 0.3) is 0 Å². The molecular weight excluding hydrogens is 142 g/mol. The van der Waals surface area contributed by atoms with Crippen molar-refractivity contribution in [3.63, 3.8) is 0 Å². The van der Waals surface area contributed by atoms with Crippen LogP contribution in [0.15, 0.2) is 0 Å². The molecule has 1 amide bonds. The van der Waals surface area contributed by atoms with E-state index in [2.05, 4.69) is 5.32 Å². The molecule has 3 heteroatoms. The highest BCUT2D eigenvalue weighted by atomic mass is 16.3. The van der Waals surface area contributed by atoms with Crippen LogP contribution >= 0.6 is 0 Å². The van der Waals surface area contributed by atoms with Gasteiger partial charge in [-0.3, -0.25) is 4.79 Å². The SMILES string of the molecule is CCC(O)CC1CCNC1=O. The van der Waals surface area contributed by atoms with Crippen molar-refractivity contribution in [1.29, 1.82) is 0 Å². The number of amides is 1. The van der Waals surface area contributed by atoms with Gasteiger partial charge >= 0.3 is 0 Å². The molecule has 0 aromatic heterocycles. The Hall–Kier alpha value is -0.570. The molecule has 2 atom stereocenters. The molecule has 1 aliphatic rings. The summed E-state index contributed by atoms with van der Waals surface area (Å²) >= 11 is 0. The molecule has 1 saturated heterocycles. The Morgan fingerprint density at radius 1 is 1.82 bits per heavy atom. The van der Waals surface area contributed by atoms with Crippen molar-refractivity contribution in [2.24, 2.45) is 5.92 Å². The minimum absolute atomic E-state index is 0.0601. The largest absolute Gasteiger partial charge is 0.393 e. The van der Waals surface area contributed by atoms with Gasteiger partial charge in [-0.15, -0.1) is 0 Å². The van der Waals surface area contributed by atoms with Gasteiger partial charge < -0.3 is 10.4 Å². The number of hydrogen-bond acceptors (Lipinski definition) is 2. The van der Waals surface area contributed by atoms with Crippen LogP contribution in [0.2, 0.25) is 0 Å². The summed E-state index contributed by atoms with van der Waals surface area (Å²) in [5.74, 6) is 0.169. The highest BCUT2D eigenvalue weighted by Crippen LogP contribution is 2.16. The van der Waals surface area contributed by atoms with Gasteiger partial charge in [0.2, 0.25) is 5.91 Å². The summed E-state index contributed by atoms with van der Waals surface area (Å²) in [5, 5.41) is 12.0. The lowest BCUT2D eigenvalue weighted by molar-refractivity contribution is -0.123. The smallest absolute Gasteiger partial charge is 0.223 e. The topological polar surface area (TPSA) is 49.3 Å². The number of carbonyl (C=O) groups excluding carboxylic acids is 1. The zero-order chi connectivity index (χ0) is 8.27. The van der Waals surface area contributed by atoms with Crippen molar-refractivity contribution in [3.05, 3.63) is 0 Å². The van der Waals surface area contributed by atoms with Crippen molar-refractivity contribution < 1.29 is 9.90 Å². The first-order valence-electron chi connectivity index (χ1n) is 4.19. The first-order valence-corrected chi connectivity index (χ1v) is 4.19. The van der Waals surface area contributed by atoms with E-state index in [1.807, 2.05) is 6.92 Å². The standard InChI is InChI=1S/C8H15NO2/c1-2-7(10)5-6-3-4-9-8(6)11/h6-7,10H,2-5H2,1H3,(H,9,11). The van der Waals surface area contributed by atoms with Crippen LogP contribution in [-0.2, 0) is 4.79 Å².